The number of morpholine rings is 1. The molecule has 1 aliphatic rings. The van der Waals surface area contributed by atoms with Crippen molar-refractivity contribution in [3.8, 4) is 0 Å². The fraction of sp³-hybridized carbons (Fsp3) is 0.467. The minimum atomic E-state index is -0.382. The van der Waals surface area contributed by atoms with Gasteiger partial charge in [-0.3, -0.25) is 9.30 Å². The summed E-state index contributed by atoms with van der Waals surface area (Å²) in [5.41, 5.74) is 1.85. The zero-order valence-corrected chi connectivity index (χ0v) is 12.1. The van der Waals surface area contributed by atoms with Crippen molar-refractivity contribution in [3.05, 3.63) is 35.9 Å². The smallest absolute Gasteiger partial charge is 0.374 e. The van der Waals surface area contributed by atoms with Crippen molar-refractivity contribution < 1.29 is 14.3 Å². The molecule has 0 atom stereocenters. The van der Waals surface area contributed by atoms with E-state index in [0.717, 1.165) is 44.1 Å². The Kier molecular flexibility index (Phi) is 4.17. The SMILES string of the molecule is CCOC(=O)c1nc(CN2CCOCC2)c2ccccn12. The average Bonchev–Trinajstić information content (AvgIpc) is 2.88. The molecule has 0 bridgehead atoms. The second-order valence-corrected chi connectivity index (χ2v) is 4.95. The number of carbonyl (C=O) groups excluding carboxylic acids is 1. The molecule has 0 radical (unpaired) electrons. The van der Waals surface area contributed by atoms with Gasteiger partial charge in [0.25, 0.3) is 0 Å². The highest BCUT2D eigenvalue weighted by Gasteiger charge is 2.20. The normalized spacial score (nSPS) is 16.2. The zero-order chi connectivity index (χ0) is 14.7. The molecule has 2 aromatic rings. The maximum Gasteiger partial charge on any atom is 0.374 e. The van der Waals surface area contributed by atoms with E-state index >= 15 is 0 Å². The molecule has 3 rings (SSSR count). The third kappa shape index (κ3) is 2.91. The lowest BCUT2D eigenvalue weighted by molar-refractivity contribution is 0.0337. The summed E-state index contributed by atoms with van der Waals surface area (Å²) in [6.45, 7) is 6.13. The van der Waals surface area contributed by atoms with Crippen LogP contribution in [-0.4, -0.2) is 53.2 Å². The van der Waals surface area contributed by atoms with Gasteiger partial charge in [-0.15, -0.1) is 0 Å². The van der Waals surface area contributed by atoms with E-state index in [1.807, 2.05) is 24.4 Å². The van der Waals surface area contributed by atoms with Crippen molar-refractivity contribution in [2.75, 3.05) is 32.9 Å². The van der Waals surface area contributed by atoms with Gasteiger partial charge in [0, 0.05) is 25.8 Å². The molecule has 21 heavy (non-hydrogen) atoms. The second-order valence-electron chi connectivity index (χ2n) is 4.95. The standard InChI is InChI=1S/C15H19N3O3/c1-2-21-15(19)14-16-12(11-17-7-9-20-10-8-17)13-5-3-4-6-18(13)14/h3-6H,2,7-11H2,1H3. The maximum absolute atomic E-state index is 12.0. The van der Waals surface area contributed by atoms with Crippen LogP contribution in [0.15, 0.2) is 24.4 Å². The minimum absolute atomic E-state index is 0.343. The Bertz CT molecular complexity index is 632. The van der Waals surface area contributed by atoms with Crippen LogP contribution in [0.1, 0.15) is 23.2 Å². The zero-order valence-electron chi connectivity index (χ0n) is 12.1. The van der Waals surface area contributed by atoms with Gasteiger partial charge >= 0.3 is 5.97 Å². The highest BCUT2D eigenvalue weighted by molar-refractivity contribution is 5.87. The number of esters is 1. The van der Waals surface area contributed by atoms with E-state index in [0.29, 0.717) is 12.4 Å². The van der Waals surface area contributed by atoms with Gasteiger partial charge < -0.3 is 9.47 Å². The molecule has 0 N–H and O–H groups in total. The molecule has 1 aliphatic heterocycles. The highest BCUT2D eigenvalue weighted by Crippen LogP contribution is 2.16. The summed E-state index contributed by atoms with van der Waals surface area (Å²) in [5.74, 6) is -0.0392. The van der Waals surface area contributed by atoms with Crippen molar-refractivity contribution in [1.29, 1.82) is 0 Å². The van der Waals surface area contributed by atoms with Crippen LogP contribution in [0.3, 0.4) is 0 Å². The molecular formula is C15H19N3O3. The van der Waals surface area contributed by atoms with Gasteiger partial charge in [0.05, 0.1) is 31.0 Å². The first-order valence-electron chi connectivity index (χ1n) is 7.22. The molecule has 112 valence electrons. The predicted molar refractivity (Wildman–Crippen MR) is 77.2 cm³/mol. The molecule has 0 unspecified atom stereocenters. The molecule has 0 aliphatic carbocycles. The molecule has 0 amide bonds. The van der Waals surface area contributed by atoms with Crippen LogP contribution in [0, 0.1) is 0 Å². The number of ether oxygens (including phenoxy) is 2. The highest BCUT2D eigenvalue weighted by atomic mass is 16.5. The Hall–Kier alpha value is -1.92. The summed E-state index contributed by atoms with van der Waals surface area (Å²) in [4.78, 5) is 18.8. The number of aromatic nitrogens is 2. The first-order valence-corrected chi connectivity index (χ1v) is 7.22. The van der Waals surface area contributed by atoms with Gasteiger partial charge in [0.15, 0.2) is 0 Å². The molecule has 0 spiro atoms. The summed E-state index contributed by atoms with van der Waals surface area (Å²) in [7, 11) is 0. The van der Waals surface area contributed by atoms with E-state index in [2.05, 4.69) is 9.88 Å². The molecule has 1 saturated heterocycles. The van der Waals surface area contributed by atoms with Gasteiger partial charge in [-0.2, -0.15) is 0 Å². The number of fused-ring (bicyclic) bond motifs is 1. The second kappa shape index (κ2) is 6.24. The van der Waals surface area contributed by atoms with E-state index in [4.69, 9.17) is 9.47 Å². The van der Waals surface area contributed by atoms with Crippen LogP contribution in [-0.2, 0) is 16.0 Å². The fourth-order valence-electron chi connectivity index (χ4n) is 2.53. The summed E-state index contributed by atoms with van der Waals surface area (Å²) < 4.78 is 12.2. The monoisotopic (exact) mass is 289 g/mol. The Morgan fingerprint density at radius 1 is 1.38 bits per heavy atom. The quantitative estimate of drug-likeness (QED) is 0.795. The van der Waals surface area contributed by atoms with Crippen molar-refractivity contribution in [3.63, 3.8) is 0 Å². The van der Waals surface area contributed by atoms with Gasteiger partial charge in [-0.05, 0) is 19.1 Å². The van der Waals surface area contributed by atoms with E-state index in [1.54, 1.807) is 11.3 Å². The Labute approximate surface area is 123 Å². The molecule has 0 aromatic carbocycles. The molecule has 1 fully saturated rings. The first-order chi connectivity index (χ1) is 10.3. The maximum atomic E-state index is 12.0. The molecule has 2 aromatic heterocycles. The summed E-state index contributed by atoms with van der Waals surface area (Å²) in [6.07, 6.45) is 1.84. The third-order valence-electron chi connectivity index (χ3n) is 3.56. The third-order valence-corrected chi connectivity index (χ3v) is 3.56. The van der Waals surface area contributed by atoms with Crippen LogP contribution >= 0.6 is 0 Å². The van der Waals surface area contributed by atoms with E-state index < -0.39 is 0 Å². The molecule has 6 nitrogen and oxygen atoms in total. The number of hydrogen-bond acceptors (Lipinski definition) is 5. The number of nitrogens with zero attached hydrogens (tertiary/aromatic N) is 3. The van der Waals surface area contributed by atoms with E-state index in [-0.39, 0.29) is 5.97 Å². The lowest BCUT2D eigenvalue weighted by Crippen LogP contribution is -2.35. The largest absolute Gasteiger partial charge is 0.460 e. The molecule has 0 saturated carbocycles. The summed E-state index contributed by atoms with van der Waals surface area (Å²) in [5, 5.41) is 0. The first kappa shape index (κ1) is 14.0. The van der Waals surface area contributed by atoms with Gasteiger partial charge in [-0.1, -0.05) is 6.07 Å². The van der Waals surface area contributed by atoms with E-state index in [1.165, 1.54) is 0 Å². The summed E-state index contributed by atoms with van der Waals surface area (Å²) >= 11 is 0. The summed E-state index contributed by atoms with van der Waals surface area (Å²) in [6, 6.07) is 5.82. The Morgan fingerprint density at radius 2 is 2.19 bits per heavy atom. The van der Waals surface area contributed by atoms with Crippen LogP contribution in [0.5, 0.6) is 0 Å². The molecule has 6 heteroatoms. The van der Waals surface area contributed by atoms with E-state index in [9.17, 15) is 4.79 Å². The number of imidazole rings is 1. The molecule has 3 heterocycles. The van der Waals surface area contributed by atoms with Crippen LogP contribution in [0.25, 0.3) is 5.52 Å². The van der Waals surface area contributed by atoms with Crippen molar-refractivity contribution in [2.24, 2.45) is 0 Å². The van der Waals surface area contributed by atoms with Crippen molar-refractivity contribution >= 4 is 11.5 Å². The van der Waals surface area contributed by atoms with Gasteiger partial charge in [0.1, 0.15) is 0 Å². The number of pyridine rings is 1. The average molecular weight is 289 g/mol. The Morgan fingerprint density at radius 3 is 2.95 bits per heavy atom. The van der Waals surface area contributed by atoms with Crippen molar-refractivity contribution in [1.82, 2.24) is 14.3 Å². The molecular weight excluding hydrogens is 270 g/mol. The minimum Gasteiger partial charge on any atom is -0.460 e. The lowest BCUT2D eigenvalue weighted by Gasteiger charge is -2.25. The number of hydrogen-bond donors (Lipinski definition) is 0. The topological polar surface area (TPSA) is 56.1 Å². The predicted octanol–water partition coefficient (Wildman–Crippen LogP) is 1.34. The fourth-order valence-corrected chi connectivity index (χ4v) is 2.53. The van der Waals surface area contributed by atoms with Crippen LogP contribution in [0.2, 0.25) is 0 Å². The van der Waals surface area contributed by atoms with Crippen molar-refractivity contribution in [2.45, 2.75) is 13.5 Å². The van der Waals surface area contributed by atoms with Crippen LogP contribution in [0.4, 0.5) is 0 Å². The van der Waals surface area contributed by atoms with Crippen LogP contribution < -0.4 is 0 Å². The van der Waals surface area contributed by atoms with Gasteiger partial charge in [0.2, 0.25) is 5.82 Å². The Balaban J connectivity index is 1.92. The van der Waals surface area contributed by atoms with Gasteiger partial charge in [-0.25, -0.2) is 9.78 Å². The lowest BCUT2D eigenvalue weighted by atomic mass is 10.3. The number of rotatable bonds is 4. The number of carbonyl (C=O) groups is 1.